The standard InChI is InChI=1S/C62H62N4O14/c1-3-5-9-26-49(52(4-2)66(41-67)80-61(73)48-28-27-45-24-16-17-25-46(45)33-48)58(70)63-40-64-60(72)54-32-31-53(79-54)47-29-30-50(55(34-47)75-39-57(69)77-37-43-20-12-7-13-21-43)59(71)65-51(62(74)78-38-44-22-14-8-15-23-44)35-56(68)76-36-42-18-10-6-11-19-42/h6-8,10-25,27-34,41,49,51-52H,3-5,9,26,35-40H2,1-2H3,(H,63,70)(H,64,72)(H,65,71)/t49?,51?,52-/m1/s1. The van der Waals surface area contributed by atoms with Crippen LogP contribution in [0.5, 0.6) is 5.75 Å². The quantitative estimate of drug-likeness (QED) is 0.00991. The van der Waals surface area contributed by atoms with Gasteiger partial charge in [0, 0.05) is 5.56 Å². The van der Waals surface area contributed by atoms with Gasteiger partial charge in [-0.2, -0.15) is 5.06 Å². The van der Waals surface area contributed by atoms with Crippen LogP contribution in [0.25, 0.3) is 22.1 Å². The van der Waals surface area contributed by atoms with Gasteiger partial charge in [-0.05, 0) is 76.7 Å². The van der Waals surface area contributed by atoms with Crippen LogP contribution in [0.1, 0.15) is 100 Å². The average molecular weight is 1090 g/mol. The summed E-state index contributed by atoms with van der Waals surface area (Å²) in [5, 5.41) is 10.5. The van der Waals surface area contributed by atoms with Crippen LogP contribution in [0.15, 0.2) is 168 Å². The molecule has 0 aliphatic rings. The Bertz CT molecular complexity index is 3220. The molecular weight excluding hydrogens is 1020 g/mol. The zero-order valence-corrected chi connectivity index (χ0v) is 44.3. The van der Waals surface area contributed by atoms with Gasteiger partial charge in [-0.1, -0.05) is 161 Å². The van der Waals surface area contributed by atoms with Gasteiger partial charge >= 0.3 is 23.9 Å². The Kier molecular flexibility index (Phi) is 21.6. The monoisotopic (exact) mass is 1090 g/mol. The van der Waals surface area contributed by atoms with Gasteiger partial charge in [-0.15, -0.1) is 0 Å². The number of nitrogens with zero attached hydrogens (tertiary/aromatic N) is 1. The molecule has 4 amide bonds. The number of esters is 3. The first-order valence-electron chi connectivity index (χ1n) is 26.2. The lowest BCUT2D eigenvalue weighted by Gasteiger charge is -2.31. The summed E-state index contributed by atoms with van der Waals surface area (Å²) >= 11 is 0. The van der Waals surface area contributed by atoms with Gasteiger partial charge < -0.3 is 44.2 Å². The number of carbonyl (C=O) groups excluding carboxylic acids is 8. The van der Waals surface area contributed by atoms with E-state index in [1.165, 1.54) is 30.3 Å². The highest BCUT2D eigenvalue weighted by Crippen LogP contribution is 2.30. The van der Waals surface area contributed by atoms with Gasteiger partial charge in [0.1, 0.15) is 37.4 Å². The molecule has 18 nitrogen and oxygen atoms in total. The van der Waals surface area contributed by atoms with Crippen LogP contribution in [0.4, 0.5) is 0 Å². The van der Waals surface area contributed by atoms with Crippen molar-refractivity contribution < 1.29 is 66.6 Å². The van der Waals surface area contributed by atoms with Gasteiger partial charge in [0.25, 0.3) is 11.8 Å². The molecule has 0 saturated heterocycles. The molecule has 3 atom stereocenters. The second-order valence-electron chi connectivity index (χ2n) is 18.5. The molecule has 7 aromatic rings. The number of amides is 4. The van der Waals surface area contributed by atoms with Crippen molar-refractivity contribution in [2.24, 2.45) is 5.92 Å². The second kappa shape index (κ2) is 29.8. The topological polar surface area (TPSA) is 235 Å². The number of ether oxygens (including phenoxy) is 4. The van der Waals surface area contributed by atoms with Crippen molar-refractivity contribution in [2.75, 3.05) is 13.3 Å². The number of benzene rings is 6. The highest BCUT2D eigenvalue weighted by Gasteiger charge is 2.34. The van der Waals surface area contributed by atoms with Crippen molar-refractivity contribution in [3.8, 4) is 17.1 Å². The fraction of sp³-hybridized carbons (Fsp3) is 0.258. The first-order chi connectivity index (χ1) is 38.9. The van der Waals surface area contributed by atoms with Crippen molar-refractivity contribution >= 4 is 58.8 Å². The molecule has 0 spiro atoms. The third-order valence-corrected chi connectivity index (χ3v) is 12.8. The summed E-state index contributed by atoms with van der Waals surface area (Å²) in [4.78, 5) is 113. The van der Waals surface area contributed by atoms with Crippen molar-refractivity contribution in [3.63, 3.8) is 0 Å². The SMILES string of the molecule is CCCCCC(C(=O)NCNC(=O)c1ccc(-c2ccc(C(=O)NC(CC(=O)OCc3ccccc3)C(=O)OCc3ccccc3)c(OCC(=O)OCc3ccccc3)c2)o1)[C@@H](CC)N(C=O)OC(=O)c1ccc2ccccc2c1. The molecule has 0 aliphatic heterocycles. The number of unbranched alkanes of at least 4 members (excludes halogenated alkanes) is 2. The van der Waals surface area contributed by atoms with Gasteiger partial charge in [0.05, 0.1) is 36.2 Å². The Hall–Kier alpha value is -9.58. The van der Waals surface area contributed by atoms with Gasteiger partial charge in [-0.25, -0.2) is 14.4 Å². The Balaban J connectivity index is 1.04. The van der Waals surface area contributed by atoms with Crippen molar-refractivity contribution in [1.29, 1.82) is 0 Å². The van der Waals surface area contributed by atoms with E-state index in [1.54, 1.807) is 104 Å². The first-order valence-corrected chi connectivity index (χ1v) is 26.2. The molecule has 3 N–H and O–H groups in total. The third kappa shape index (κ3) is 17.0. The summed E-state index contributed by atoms with van der Waals surface area (Å²) in [5.74, 6) is -6.28. The number of nitrogens with one attached hydrogen (secondary N) is 3. The van der Waals surface area contributed by atoms with E-state index in [0.29, 0.717) is 35.9 Å². The molecule has 2 unspecified atom stereocenters. The zero-order valence-electron chi connectivity index (χ0n) is 44.3. The number of hydroxylamine groups is 2. The van der Waals surface area contributed by atoms with E-state index in [1.807, 2.05) is 43.3 Å². The summed E-state index contributed by atoms with van der Waals surface area (Å²) in [5.41, 5.74) is 2.48. The zero-order chi connectivity index (χ0) is 56.6. The Morgan fingerprint density at radius 3 is 1.89 bits per heavy atom. The van der Waals surface area contributed by atoms with E-state index in [9.17, 15) is 38.4 Å². The van der Waals surface area contributed by atoms with Gasteiger partial charge in [0.15, 0.2) is 12.4 Å². The van der Waals surface area contributed by atoms with Crippen LogP contribution < -0.4 is 20.7 Å². The van der Waals surface area contributed by atoms with Crippen LogP contribution in [0.3, 0.4) is 0 Å². The van der Waals surface area contributed by atoms with E-state index in [4.69, 9.17) is 28.2 Å². The Morgan fingerprint density at radius 1 is 0.625 bits per heavy atom. The van der Waals surface area contributed by atoms with Crippen molar-refractivity contribution in [2.45, 2.75) is 84.3 Å². The number of furan rings is 1. The molecule has 0 radical (unpaired) electrons. The number of fused-ring (bicyclic) bond motifs is 1. The maximum absolute atomic E-state index is 14.2. The minimum atomic E-state index is -1.52. The summed E-state index contributed by atoms with van der Waals surface area (Å²) in [6.07, 6.45) is 2.74. The predicted octanol–water partition coefficient (Wildman–Crippen LogP) is 9.21. The fourth-order valence-electron chi connectivity index (χ4n) is 8.55. The number of hydrogen-bond acceptors (Lipinski definition) is 14. The molecule has 7 rings (SSSR count). The van der Waals surface area contributed by atoms with E-state index in [0.717, 1.165) is 34.2 Å². The van der Waals surface area contributed by atoms with E-state index >= 15 is 0 Å². The summed E-state index contributed by atoms with van der Waals surface area (Å²) in [6.45, 7) is 2.53. The van der Waals surface area contributed by atoms with E-state index in [-0.39, 0.29) is 61.3 Å². The predicted molar refractivity (Wildman–Crippen MR) is 294 cm³/mol. The molecule has 414 valence electrons. The Morgan fingerprint density at radius 2 is 1.25 bits per heavy atom. The Labute approximate surface area is 462 Å². The van der Waals surface area contributed by atoms with Crippen LogP contribution in [-0.4, -0.2) is 78.4 Å². The molecule has 1 heterocycles. The van der Waals surface area contributed by atoms with E-state index in [2.05, 4.69) is 16.0 Å². The normalized spacial score (nSPS) is 11.9. The molecule has 0 bridgehead atoms. The van der Waals surface area contributed by atoms with Crippen LogP contribution in [0, 0.1) is 5.92 Å². The largest absolute Gasteiger partial charge is 0.481 e. The van der Waals surface area contributed by atoms with Crippen LogP contribution >= 0.6 is 0 Å². The molecule has 1 aromatic heterocycles. The fourth-order valence-corrected chi connectivity index (χ4v) is 8.55. The molecular formula is C62H62N4O14. The molecule has 80 heavy (non-hydrogen) atoms. The molecule has 0 fully saturated rings. The summed E-state index contributed by atoms with van der Waals surface area (Å²) < 4.78 is 28.3. The number of carbonyl (C=O) groups is 8. The molecule has 0 saturated carbocycles. The highest BCUT2D eigenvalue weighted by atomic mass is 16.7. The highest BCUT2D eigenvalue weighted by molar-refractivity contribution is 6.01. The number of rotatable bonds is 29. The van der Waals surface area contributed by atoms with Gasteiger partial charge in [0.2, 0.25) is 12.3 Å². The summed E-state index contributed by atoms with van der Waals surface area (Å²) in [6, 6.07) is 44.0. The van der Waals surface area contributed by atoms with Crippen LogP contribution in [0.2, 0.25) is 0 Å². The molecule has 0 aliphatic carbocycles. The van der Waals surface area contributed by atoms with E-state index < -0.39 is 72.6 Å². The minimum absolute atomic E-state index is 0.0491. The molecule has 6 aromatic carbocycles. The minimum Gasteiger partial charge on any atom is -0.481 e. The first kappa shape index (κ1) is 58.1. The van der Waals surface area contributed by atoms with Crippen molar-refractivity contribution in [3.05, 3.63) is 197 Å². The summed E-state index contributed by atoms with van der Waals surface area (Å²) in [7, 11) is 0. The lowest BCUT2D eigenvalue weighted by molar-refractivity contribution is -0.171. The van der Waals surface area contributed by atoms with Gasteiger partial charge in [-0.3, -0.25) is 24.0 Å². The average Bonchev–Trinajstić information content (AvgIpc) is 3.99. The van der Waals surface area contributed by atoms with Crippen molar-refractivity contribution in [1.82, 2.24) is 21.0 Å². The lowest BCUT2D eigenvalue weighted by atomic mass is 9.90. The third-order valence-electron chi connectivity index (χ3n) is 12.8. The molecule has 18 heteroatoms. The second-order valence-corrected chi connectivity index (χ2v) is 18.5. The lowest BCUT2D eigenvalue weighted by Crippen LogP contribution is -2.49. The number of hydrogen-bond donors (Lipinski definition) is 3. The smallest absolute Gasteiger partial charge is 0.363 e. The maximum atomic E-state index is 14.2. The maximum Gasteiger partial charge on any atom is 0.363 e. The van der Waals surface area contributed by atoms with Crippen LogP contribution in [-0.2, 0) is 62.8 Å².